The number of anilines is 1. The van der Waals surface area contributed by atoms with E-state index in [1.807, 2.05) is 13.0 Å². The van der Waals surface area contributed by atoms with Gasteiger partial charge in [-0.25, -0.2) is 13.2 Å². The van der Waals surface area contributed by atoms with E-state index in [0.717, 1.165) is 10.2 Å². The molecule has 0 unspecified atom stereocenters. The van der Waals surface area contributed by atoms with Gasteiger partial charge in [-0.3, -0.25) is 9.52 Å². The van der Waals surface area contributed by atoms with Crippen molar-refractivity contribution in [3.05, 3.63) is 93.8 Å². The molecule has 1 N–H and O–H groups in total. The number of aryl methyl sites for hydroxylation is 2. The van der Waals surface area contributed by atoms with Crippen LogP contribution in [0.25, 0.3) is 10.9 Å². The fourth-order valence-electron chi connectivity index (χ4n) is 3.22. The molecule has 1 heterocycles. The van der Waals surface area contributed by atoms with Crippen molar-refractivity contribution in [2.24, 2.45) is 0 Å². The maximum atomic E-state index is 12.8. The number of nitrogens with zero attached hydrogens (tertiary/aromatic N) is 3. The van der Waals surface area contributed by atoms with Crippen LogP contribution in [0.2, 0.25) is 0 Å². The highest BCUT2D eigenvalue weighted by Crippen LogP contribution is 2.20. The number of sulfonamides is 1. The lowest BCUT2D eigenvalue weighted by Gasteiger charge is -2.12. The Morgan fingerprint density at radius 1 is 1.03 bits per heavy atom. The van der Waals surface area contributed by atoms with E-state index in [-0.39, 0.29) is 10.5 Å². The molecule has 0 aliphatic carbocycles. The lowest BCUT2D eigenvalue weighted by Crippen LogP contribution is -2.26. The fourth-order valence-corrected chi connectivity index (χ4v) is 4.29. The average molecular weight is 465 g/mol. The van der Waals surface area contributed by atoms with Gasteiger partial charge >= 0.3 is 5.97 Å². The highest BCUT2D eigenvalue weighted by atomic mass is 32.2. The number of benzene rings is 3. The first-order valence-electron chi connectivity index (χ1n) is 9.94. The molecule has 0 amide bonds. The highest BCUT2D eigenvalue weighted by Gasteiger charge is 2.19. The van der Waals surface area contributed by atoms with Crippen LogP contribution < -0.4 is 10.3 Å². The molecule has 0 aliphatic heterocycles. The SMILES string of the molecule is Cc1cccc(NS(=O)(=O)c2ccc(C)c(C(=O)OCn3nnc4ccccc4c3=O)c2)c1. The molecule has 4 aromatic rings. The minimum Gasteiger partial charge on any atom is -0.439 e. The zero-order chi connectivity index (χ0) is 23.6. The Bertz CT molecular complexity index is 1530. The Labute approximate surface area is 189 Å². The number of fused-ring (bicyclic) bond motifs is 1. The van der Waals surface area contributed by atoms with E-state index in [0.29, 0.717) is 22.2 Å². The summed E-state index contributed by atoms with van der Waals surface area (Å²) < 4.78 is 34.3. The third-order valence-electron chi connectivity index (χ3n) is 4.96. The van der Waals surface area contributed by atoms with Gasteiger partial charge in [0.25, 0.3) is 15.6 Å². The van der Waals surface area contributed by atoms with Crippen LogP contribution in [0, 0.1) is 13.8 Å². The smallest absolute Gasteiger partial charge is 0.340 e. The van der Waals surface area contributed by atoms with Crippen LogP contribution in [0.3, 0.4) is 0 Å². The first-order chi connectivity index (χ1) is 15.7. The van der Waals surface area contributed by atoms with Gasteiger partial charge in [-0.2, -0.15) is 4.68 Å². The minimum atomic E-state index is -3.94. The summed E-state index contributed by atoms with van der Waals surface area (Å²) in [4.78, 5) is 25.1. The summed E-state index contributed by atoms with van der Waals surface area (Å²) in [6, 6.07) is 17.8. The van der Waals surface area contributed by atoms with Gasteiger partial charge in [0, 0.05) is 5.69 Å². The van der Waals surface area contributed by atoms with Crippen molar-refractivity contribution in [3.8, 4) is 0 Å². The Hall–Kier alpha value is -4.05. The van der Waals surface area contributed by atoms with Gasteiger partial charge in [-0.05, 0) is 61.4 Å². The topological polar surface area (TPSA) is 120 Å². The van der Waals surface area contributed by atoms with Gasteiger partial charge in [-0.15, -0.1) is 5.10 Å². The van der Waals surface area contributed by atoms with E-state index in [2.05, 4.69) is 15.0 Å². The standard InChI is InChI=1S/C23H20N4O5S/c1-15-6-5-7-17(12-15)25-33(30,31)18-11-10-16(2)20(13-18)23(29)32-14-27-22(28)19-8-3-4-9-21(19)24-26-27/h3-13,25H,14H2,1-2H3. The minimum absolute atomic E-state index is 0.0592. The van der Waals surface area contributed by atoms with Crippen molar-refractivity contribution in [2.75, 3.05) is 4.72 Å². The van der Waals surface area contributed by atoms with Crippen molar-refractivity contribution in [2.45, 2.75) is 25.5 Å². The molecule has 0 radical (unpaired) electrons. The Morgan fingerprint density at radius 3 is 2.61 bits per heavy atom. The second-order valence-corrected chi connectivity index (χ2v) is 9.11. The average Bonchev–Trinajstić information content (AvgIpc) is 2.78. The second kappa shape index (κ2) is 8.83. The summed E-state index contributed by atoms with van der Waals surface area (Å²) >= 11 is 0. The van der Waals surface area contributed by atoms with Crippen LogP contribution in [0.4, 0.5) is 5.69 Å². The van der Waals surface area contributed by atoms with E-state index < -0.39 is 28.3 Å². The Balaban J connectivity index is 1.55. The third-order valence-corrected chi connectivity index (χ3v) is 6.34. The largest absolute Gasteiger partial charge is 0.439 e. The molecule has 0 saturated heterocycles. The Morgan fingerprint density at radius 2 is 1.82 bits per heavy atom. The molecule has 0 saturated carbocycles. The summed E-state index contributed by atoms with van der Waals surface area (Å²) in [7, 11) is -3.94. The Kier molecular flexibility index (Phi) is 5.93. The fraction of sp³-hybridized carbons (Fsp3) is 0.130. The van der Waals surface area contributed by atoms with Gasteiger partial charge in [0.15, 0.2) is 6.73 Å². The maximum absolute atomic E-state index is 12.8. The molecule has 0 aliphatic rings. The van der Waals surface area contributed by atoms with Gasteiger partial charge in [0.1, 0.15) is 5.52 Å². The normalized spacial score (nSPS) is 11.3. The van der Waals surface area contributed by atoms with Gasteiger partial charge < -0.3 is 4.74 Å². The molecule has 168 valence electrons. The van der Waals surface area contributed by atoms with Gasteiger partial charge in [0.05, 0.1) is 15.8 Å². The van der Waals surface area contributed by atoms with Crippen molar-refractivity contribution in [3.63, 3.8) is 0 Å². The number of aromatic nitrogens is 3. The molecule has 4 rings (SSSR count). The first-order valence-corrected chi connectivity index (χ1v) is 11.4. The molecule has 0 atom stereocenters. The van der Waals surface area contributed by atoms with Crippen molar-refractivity contribution in [1.82, 2.24) is 15.0 Å². The number of carbonyl (C=O) groups is 1. The summed E-state index contributed by atoms with van der Waals surface area (Å²) in [5.74, 6) is -0.790. The number of nitrogens with one attached hydrogen (secondary N) is 1. The summed E-state index contributed by atoms with van der Waals surface area (Å²) in [5.41, 5.74) is 1.86. The number of esters is 1. The molecule has 33 heavy (non-hydrogen) atoms. The van der Waals surface area contributed by atoms with Crippen LogP contribution >= 0.6 is 0 Å². The van der Waals surface area contributed by atoms with Crippen LogP contribution in [-0.2, 0) is 21.5 Å². The predicted molar refractivity (Wildman–Crippen MR) is 122 cm³/mol. The molecule has 9 nitrogen and oxygen atoms in total. The van der Waals surface area contributed by atoms with Crippen LogP contribution in [-0.4, -0.2) is 29.4 Å². The van der Waals surface area contributed by atoms with Crippen molar-refractivity contribution >= 4 is 32.6 Å². The molecule has 10 heteroatoms. The number of rotatable bonds is 6. The van der Waals surface area contributed by atoms with Crippen LogP contribution in [0.1, 0.15) is 21.5 Å². The van der Waals surface area contributed by atoms with E-state index >= 15 is 0 Å². The van der Waals surface area contributed by atoms with E-state index in [1.165, 1.54) is 18.2 Å². The highest BCUT2D eigenvalue weighted by molar-refractivity contribution is 7.92. The van der Waals surface area contributed by atoms with Gasteiger partial charge in [-0.1, -0.05) is 35.5 Å². The molecule has 0 fully saturated rings. The zero-order valence-electron chi connectivity index (χ0n) is 17.8. The van der Waals surface area contributed by atoms with Crippen molar-refractivity contribution in [1.29, 1.82) is 0 Å². The number of hydrogen-bond donors (Lipinski definition) is 1. The summed E-state index contributed by atoms with van der Waals surface area (Å²) in [5, 5.41) is 8.06. The molecular formula is C23H20N4O5S. The maximum Gasteiger partial charge on any atom is 0.340 e. The molecule has 1 aromatic heterocycles. The van der Waals surface area contributed by atoms with Gasteiger partial charge in [0.2, 0.25) is 0 Å². The van der Waals surface area contributed by atoms with E-state index in [1.54, 1.807) is 49.4 Å². The third kappa shape index (κ3) is 4.75. The molecule has 0 bridgehead atoms. The number of hydrogen-bond acceptors (Lipinski definition) is 7. The van der Waals surface area contributed by atoms with Crippen LogP contribution in [0.15, 0.2) is 76.4 Å². The molecule has 3 aromatic carbocycles. The monoisotopic (exact) mass is 464 g/mol. The number of ether oxygens (including phenoxy) is 1. The first kappa shape index (κ1) is 22.2. The molecular weight excluding hydrogens is 444 g/mol. The quantitative estimate of drug-likeness (QED) is 0.436. The van der Waals surface area contributed by atoms with Crippen molar-refractivity contribution < 1.29 is 17.9 Å². The zero-order valence-corrected chi connectivity index (χ0v) is 18.7. The molecule has 0 spiro atoms. The lowest BCUT2D eigenvalue weighted by atomic mass is 10.1. The number of carbonyl (C=O) groups excluding carboxylic acids is 1. The summed E-state index contributed by atoms with van der Waals surface area (Å²) in [6.07, 6.45) is 0. The van der Waals surface area contributed by atoms with E-state index in [9.17, 15) is 18.0 Å². The second-order valence-electron chi connectivity index (χ2n) is 7.42. The summed E-state index contributed by atoms with van der Waals surface area (Å²) in [6.45, 7) is 3.04. The van der Waals surface area contributed by atoms with Crippen LogP contribution in [0.5, 0.6) is 0 Å². The predicted octanol–water partition coefficient (Wildman–Crippen LogP) is 3.02. The lowest BCUT2D eigenvalue weighted by molar-refractivity contribution is 0.0335. The van der Waals surface area contributed by atoms with E-state index in [4.69, 9.17) is 4.74 Å².